The number of nitrogens with zero attached hydrogens (tertiary/aromatic N) is 3. The second-order valence-corrected chi connectivity index (χ2v) is 4.57. The molecule has 5 nitrogen and oxygen atoms in total. The zero-order valence-corrected chi connectivity index (χ0v) is 10.00. The van der Waals surface area contributed by atoms with Gasteiger partial charge in [0.2, 0.25) is 5.91 Å². The Morgan fingerprint density at radius 2 is 2.12 bits per heavy atom. The van der Waals surface area contributed by atoms with E-state index in [1.165, 1.54) is 0 Å². The molecule has 0 saturated heterocycles. The van der Waals surface area contributed by atoms with E-state index in [1.807, 2.05) is 24.3 Å². The largest absolute Gasteiger partial charge is 0.368 e. The van der Waals surface area contributed by atoms with Crippen LogP contribution in [-0.2, 0) is 4.79 Å². The fourth-order valence-electron chi connectivity index (χ4n) is 1.90. The van der Waals surface area contributed by atoms with Crippen molar-refractivity contribution in [1.29, 1.82) is 0 Å². The number of aromatic nitrogens is 3. The molecule has 0 radical (unpaired) electrons. The Hall–Kier alpha value is -1.91. The fraction of sp³-hybridized carbons (Fsp3) is 0.417. The molecule has 1 amide bonds. The van der Waals surface area contributed by atoms with Crippen LogP contribution in [0.2, 0.25) is 0 Å². The predicted octanol–water partition coefficient (Wildman–Crippen LogP) is 1.50. The maximum Gasteiger partial charge on any atom is 0.242 e. The third-order valence-electron chi connectivity index (χ3n) is 2.70. The Morgan fingerprint density at radius 3 is 2.76 bits per heavy atom. The quantitative estimate of drug-likeness (QED) is 0.868. The number of amides is 1. The van der Waals surface area contributed by atoms with Crippen LogP contribution in [0, 0.1) is 5.92 Å². The second-order valence-electron chi connectivity index (χ2n) is 4.57. The van der Waals surface area contributed by atoms with Crippen LogP contribution in [0.15, 0.2) is 24.3 Å². The number of hydrogen-bond donors (Lipinski definition) is 1. The number of carbonyl (C=O) groups excluding carboxylic acids is 1. The summed E-state index contributed by atoms with van der Waals surface area (Å²) in [6, 6.07) is 7.12. The molecule has 17 heavy (non-hydrogen) atoms. The number of primary amides is 1. The smallest absolute Gasteiger partial charge is 0.242 e. The van der Waals surface area contributed by atoms with Crippen LogP contribution in [0.4, 0.5) is 0 Å². The van der Waals surface area contributed by atoms with Crippen molar-refractivity contribution in [3.05, 3.63) is 24.3 Å². The van der Waals surface area contributed by atoms with Gasteiger partial charge in [-0.15, -0.1) is 5.10 Å². The van der Waals surface area contributed by atoms with Crippen LogP contribution in [-0.4, -0.2) is 20.9 Å². The molecule has 1 heterocycles. The maximum absolute atomic E-state index is 11.5. The third-order valence-corrected chi connectivity index (χ3v) is 2.70. The molecule has 1 aromatic carbocycles. The van der Waals surface area contributed by atoms with Gasteiger partial charge >= 0.3 is 0 Å². The first-order valence-electron chi connectivity index (χ1n) is 5.69. The molecule has 0 aliphatic rings. The lowest BCUT2D eigenvalue weighted by Crippen LogP contribution is -2.28. The summed E-state index contributed by atoms with van der Waals surface area (Å²) in [6.07, 6.45) is 0.669. The summed E-state index contributed by atoms with van der Waals surface area (Å²) < 4.78 is 1.62. The van der Waals surface area contributed by atoms with Gasteiger partial charge in [0.05, 0.1) is 5.52 Å². The Balaban J connectivity index is 2.45. The van der Waals surface area contributed by atoms with Gasteiger partial charge < -0.3 is 5.73 Å². The van der Waals surface area contributed by atoms with Gasteiger partial charge in [0.25, 0.3) is 0 Å². The van der Waals surface area contributed by atoms with Crippen molar-refractivity contribution in [2.45, 2.75) is 26.3 Å². The standard InChI is InChI=1S/C12H16N4O/c1-8(2)7-11(12(13)17)16-10-6-4-3-5-9(10)14-15-16/h3-6,8,11H,7H2,1-2H3,(H2,13,17). The van der Waals surface area contributed by atoms with Crippen LogP contribution in [0.1, 0.15) is 26.3 Å². The van der Waals surface area contributed by atoms with Crippen LogP contribution >= 0.6 is 0 Å². The third kappa shape index (κ3) is 2.27. The molecule has 0 spiro atoms. The number of fused-ring (bicyclic) bond motifs is 1. The summed E-state index contributed by atoms with van der Waals surface area (Å²) in [7, 11) is 0. The SMILES string of the molecule is CC(C)CC(C(N)=O)n1nnc2ccccc21. The molecular formula is C12H16N4O. The highest BCUT2D eigenvalue weighted by atomic mass is 16.1. The Kier molecular flexibility index (Phi) is 3.08. The molecular weight excluding hydrogens is 216 g/mol. The monoisotopic (exact) mass is 232 g/mol. The van der Waals surface area contributed by atoms with E-state index in [1.54, 1.807) is 4.68 Å². The van der Waals surface area contributed by atoms with Crippen molar-refractivity contribution in [1.82, 2.24) is 15.0 Å². The minimum Gasteiger partial charge on any atom is -0.368 e. The average Bonchev–Trinajstić information content (AvgIpc) is 2.69. The minimum absolute atomic E-state index is 0.366. The van der Waals surface area contributed by atoms with Crippen molar-refractivity contribution in [2.24, 2.45) is 11.7 Å². The topological polar surface area (TPSA) is 73.8 Å². The lowest BCUT2D eigenvalue weighted by molar-refractivity contribution is -0.121. The summed E-state index contributed by atoms with van der Waals surface area (Å²) in [6.45, 7) is 4.10. The Bertz CT molecular complexity index is 532. The van der Waals surface area contributed by atoms with Crippen molar-refractivity contribution >= 4 is 16.9 Å². The van der Waals surface area contributed by atoms with Gasteiger partial charge in [0.1, 0.15) is 11.6 Å². The van der Waals surface area contributed by atoms with Crippen molar-refractivity contribution in [2.75, 3.05) is 0 Å². The molecule has 0 fully saturated rings. The Labute approximate surface area is 99.6 Å². The van der Waals surface area contributed by atoms with E-state index in [0.29, 0.717) is 12.3 Å². The van der Waals surface area contributed by atoms with Crippen LogP contribution in [0.3, 0.4) is 0 Å². The van der Waals surface area contributed by atoms with Gasteiger partial charge in [0.15, 0.2) is 0 Å². The Morgan fingerprint density at radius 1 is 1.41 bits per heavy atom. The molecule has 2 aromatic rings. The highest BCUT2D eigenvalue weighted by Crippen LogP contribution is 2.21. The molecule has 0 aliphatic carbocycles. The number of nitrogens with two attached hydrogens (primary N) is 1. The zero-order chi connectivity index (χ0) is 12.4. The summed E-state index contributed by atoms with van der Waals surface area (Å²) >= 11 is 0. The summed E-state index contributed by atoms with van der Waals surface area (Å²) in [4.78, 5) is 11.5. The van der Waals surface area contributed by atoms with Crippen molar-refractivity contribution < 1.29 is 4.79 Å². The number of para-hydroxylation sites is 1. The summed E-state index contributed by atoms with van der Waals surface area (Å²) in [5.41, 5.74) is 7.06. The number of carbonyl (C=O) groups is 1. The van der Waals surface area contributed by atoms with Gasteiger partial charge in [-0.1, -0.05) is 31.2 Å². The van der Waals surface area contributed by atoms with E-state index >= 15 is 0 Å². The molecule has 90 valence electrons. The molecule has 1 atom stereocenters. The highest BCUT2D eigenvalue weighted by Gasteiger charge is 2.22. The maximum atomic E-state index is 11.5. The van der Waals surface area contributed by atoms with E-state index in [9.17, 15) is 4.79 Å². The van der Waals surface area contributed by atoms with E-state index < -0.39 is 6.04 Å². The van der Waals surface area contributed by atoms with Gasteiger partial charge in [0, 0.05) is 0 Å². The molecule has 0 bridgehead atoms. The lowest BCUT2D eigenvalue weighted by atomic mass is 10.0. The van der Waals surface area contributed by atoms with Crippen molar-refractivity contribution in [3.63, 3.8) is 0 Å². The van der Waals surface area contributed by atoms with Crippen LogP contribution in [0.5, 0.6) is 0 Å². The van der Waals surface area contributed by atoms with E-state index in [2.05, 4.69) is 24.2 Å². The molecule has 2 N–H and O–H groups in total. The van der Waals surface area contributed by atoms with Gasteiger partial charge in [-0.2, -0.15) is 0 Å². The second kappa shape index (κ2) is 4.53. The van der Waals surface area contributed by atoms with Crippen LogP contribution < -0.4 is 5.73 Å². The van der Waals surface area contributed by atoms with Gasteiger partial charge in [-0.05, 0) is 24.5 Å². The zero-order valence-electron chi connectivity index (χ0n) is 10.00. The molecule has 2 rings (SSSR count). The molecule has 1 aromatic heterocycles. The summed E-state index contributed by atoms with van der Waals surface area (Å²) in [5, 5.41) is 8.07. The van der Waals surface area contributed by atoms with E-state index in [4.69, 9.17) is 5.73 Å². The first kappa shape index (κ1) is 11.6. The van der Waals surface area contributed by atoms with Crippen LogP contribution in [0.25, 0.3) is 11.0 Å². The lowest BCUT2D eigenvalue weighted by Gasteiger charge is -2.16. The minimum atomic E-state index is -0.428. The molecule has 5 heteroatoms. The molecule has 1 unspecified atom stereocenters. The number of benzene rings is 1. The summed E-state index contributed by atoms with van der Waals surface area (Å²) in [5.74, 6) is 0.00446. The van der Waals surface area contributed by atoms with Gasteiger partial charge in [-0.3, -0.25) is 4.79 Å². The first-order chi connectivity index (χ1) is 8.09. The number of rotatable bonds is 4. The number of hydrogen-bond acceptors (Lipinski definition) is 3. The normalized spacial score (nSPS) is 13.1. The fourth-order valence-corrected chi connectivity index (χ4v) is 1.90. The van der Waals surface area contributed by atoms with Crippen molar-refractivity contribution in [3.8, 4) is 0 Å². The average molecular weight is 232 g/mol. The predicted molar refractivity (Wildman–Crippen MR) is 65.2 cm³/mol. The van der Waals surface area contributed by atoms with E-state index in [-0.39, 0.29) is 5.91 Å². The molecule has 0 saturated carbocycles. The van der Waals surface area contributed by atoms with E-state index in [0.717, 1.165) is 11.0 Å². The van der Waals surface area contributed by atoms with Gasteiger partial charge in [-0.25, -0.2) is 4.68 Å². The molecule has 0 aliphatic heterocycles. The first-order valence-corrected chi connectivity index (χ1v) is 5.69. The highest BCUT2D eigenvalue weighted by molar-refractivity contribution is 5.81.